The zero-order chi connectivity index (χ0) is 20.0. The smallest absolute Gasteiger partial charge is 0.167 e. The molecule has 14 nitrogen and oxygen atoms in total. The normalized spacial score (nSPS) is 28.4. The number of rotatable bonds is 6. The number of anilines is 1. The first-order chi connectivity index (χ1) is 12.5. The predicted octanol–water partition coefficient (Wildman–Crippen LogP) is -2.90. The highest BCUT2D eigenvalue weighted by atomic mass is 32.2. The Bertz CT molecular complexity index is 997. The summed E-state index contributed by atoms with van der Waals surface area (Å²) in [5.41, 5.74) is 4.35. The summed E-state index contributed by atoms with van der Waals surface area (Å²) in [6, 6.07) is 0. The minimum absolute atomic E-state index is 0.0813. The van der Waals surface area contributed by atoms with Crippen molar-refractivity contribution < 1.29 is 41.9 Å². The summed E-state index contributed by atoms with van der Waals surface area (Å²) in [6.07, 6.45) is -3.23. The summed E-state index contributed by atoms with van der Waals surface area (Å²) in [4.78, 5) is 23.2. The van der Waals surface area contributed by atoms with Gasteiger partial charge >= 0.3 is 0 Å². The van der Waals surface area contributed by atoms with Gasteiger partial charge in [0, 0.05) is 0 Å². The number of imidazole rings is 1. The zero-order valence-corrected chi connectivity index (χ0v) is 15.1. The lowest BCUT2D eigenvalue weighted by molar-refractivity contribution is -0.200. The third-order valence-electron chi connectivity index (χ3n) is 3.75. The molecule has 0 saturated carbocycles. The van der Waals surface area contributed by atoms with E-state index in [1.165, 1.54) is 10.9 Å². The quantitative estimate of drug-likeness (QED) is 0.313. The van der Waals surface area contributed by atoms with Crippen molar-refractivity contribution in [2.45, 2.75) is 24.5 Å². The van der Waals surface area contributed by atoms with Gasteiger partial charge in [0.05, 0.1) is 12.9 Å². The number of nitrogen functional groups attached to an aromatic ring is 1. The largest absolute Gasteiger partial charge is 0.778 e. The van der Waals surface area contributed by atoms with Crippen molar-refractivity contribution in [2.24, 2.45) is 0 Å². The van der Waals surface area contributed by atoms with Gasteiger partial charge in [-0.25, -0.2) is 23.4 Å². The first-order valence-corrected chi connectivity index (χ1v) is 10.6. The van der Waals surface area contributed by atoms with Crippen LogP contribution in [0, 0.1) is 0 Å². The molecule has 27 heavy (non-hydrogen) atoms. The van der Waals surface area contributed by atoms with Gasteiger partial charge in [-0.2, -0.15) is 0 Å². The van der Waals surface area contributed by atoms with Crippen molar-refractivity contribution in [1.29, 1.82) is 0 Å². The van der Waals surface area contributed by atoms with Gasteiger partial charge in [-0.1, -0.05) is 0 Å². The fraction of sp³-hybridized carbons (Fsp3) is 0.545. The van der Waals surface area contributed by atoms with Crippen LogP contribution in [0.1, 0.15) is 6.23 Å². The number of hydrogen-bond acceptors (Lipinski definition) is 13. The highest BCUT2D eigenvalue weighted by Crippen LogP contribution is 2.40. The SMILES string of the molecule is Nc1ncnc2c1ncn2[C@@H]1O[C@H](COP(=O)([O-])CS(=O)(=O)[O-])[C@H](O)C1O. The molecule has 0 radical (unpaired) electrons. The molecule has 1 aliphatic rings. The van der Waals surface area contributed by atoms with Gasteiger partial charge < -0.3 is 39.2 Å². The molecule has 1 aliphatic heterocycles. The van der Waals surface area contributed by atoms with Crippen LogP contribution < -0.4 is 10.6 Å². The van der Waals surface area contributed by atoms with Gasteiger partial charge in [-0.3, -0.25) is 4.57 Å². The Hall–Kier alpha value is -1.71. The molecule has 0 spiro atoms. The molecule has 0 aliphatic carbocycles. The molecule has 0 amide bonds. The monoisotopic (exact) mass is 423 g/mol. The summed E-state index contributed by atoms with van der Waals surface area (Å²) in [6.45, 7) is -0.811. The fourth-order valence-corrected chi connectivity index (χ4v) is 4.79. The van der Waals surface area contributed by atoms with E-state index in [1.54, 1.807) is 0 Å². The minimum atomic E-state index is -5.07. The van der Waals surface area contributed by atoms with Crippen molar-refractivity contribution in [1.82, 2.24) is 19.5 Å². The van der Waals surface area contributed by atoms with Gasteiger partial charge in [-0.15, -0.1) is 0 Å². The van der Waals surface area contributed by atoms with Crippen LogP contribution in [0.2, 0.25) is 0 Å². The molecule has 2 unspecified atom stereocenters. The predicted molar refractivity (Wildman–Crippen MR) is 83.8 cm³/mol. The number of ether oxygens (including phenoxy) is 1. The van der Waals surface area contributed by atoms with E-state index in [1.807, 2.05) is 0 Å². The third kappa shape index (κ3) is 4.25. The van der Waals surface area contributed by atoms with E-state index >= 15 is 0 Å². The Kier molecular flexibility index (Phi) is 5.22. The number of nitrogens with zero attached hydrogens (tertiary/aromatic N) is 4. The lowest BCUT2D eigenvalue weighted by atomic mass is 10.1. The second kappa shape index (κ2) is 7.03. The first-order valence-electron chi connectivity index (χ1n) is 7.31. The van der Waals surface area contributed by atoms with Crippen molar-refractivity contribution in [2.75, 3.05) is 17.8 Å². The average Bonchev–Trinajstić information content (AvgIpc) is 3.07. The lowest BCUT2D eigenvalue weighted by Crippen LogP contribution is -2.34. The number of aliphatic hydroxyl groups excluding tert-OH is 2. The van der Waals surface area contributed by atoms with Gasteiger partial charge in [0.2, 0.25) is 0 Å². The van der Waals surface area contributed by atoms with E-state index in [-0.39, 0.29) is 17.0 Å². The maximum Gasteiger partial charge on any atom is 0.167 e. The Morgan fingerprint density at radius 1 is 1.33 bits per heavy atom. The van der Waals surface area contributed by atoms with E-state index in [0.717, 1.165) is 6.33 Å². The maximum absolute atomic E-state index is 11.5. The molecule has 3 rings (SSSR count). The van der Waals surface area contributed by atoms with Gasteiger partial charge in [0.1, 0.15) is 53.4 Å². The van der Waals surface area contributed by atoms with E-state index < -0.39 is 54.4 Å². The van der Waals surface area contributed by atoms with Gasteiger partial charge in [-0.05, 0) is 0 Å². The van der Waals surface area contributed by atoms with Crippen molar-refractivity contribution >= 4 is 34.7 Å². The average molecular weight is 423 g/mol. The molecule has 0 bridgehead atoms. The van der Waals surface area contributed by atoms with Crippen LogP contribution in [-0.4, -0.2) is 73.1 Å². The highest BCUT2D eigenvalue weighted by Gasteiger charge is 2.44. The second-order valence-corrected chi connectivity index (χ2v) is 9.35. The number of nitrogens with two attached hydrogens (primary N) is 1. The van der Waals surface area contributed by atoms with Crippen LogP contribution in [0.3, 0.4) is 0 Å². The van der Waals surface area contributed by atoms with Crippen LogP contribution in [-0.2, 0) is 23.9 Å². The van der Waals surface area contributed by atoms with Crippen LogP contribution in [0.5, 0.6) is 0 Å². The Morgan fingerprint density at radius 3 is 2.70 bits per heavy atom. The Balaban J connectivity index is 1.76. The summed E-state index contributed by atoms with van der Waals surface area (Å²) < 4.78 is 54.3. The summed E-state index contributed by atoms with van der Waals surface area (Å²) in [5, 5.41) is 20.3. The maximum atomic E-state index is 11.5. The molecule has 2 aromatic rings. The zero-order valence-electron chi connectivity index (χ0n) is 13.4. The highest BCUT2D eigenvalue weighted by molar-refractivity contribution is 7.92. The number of aromatic nitrogens is 4. The summed E-state index contributed by atoms with van der Waals surface area (Å²) >= 11 is 0. The van der Waals surface area contributed by atoms with Crippen LogP contribution in [0.4, 0.5) is 5.82 Å². The molecule has 2 aromatic heterocycles. The second-order valence-electron chi connectivity index (χ2n) is 5.72. The Labute approximate surface area is 151 Å². The van der Waals surface area contributed by atoms with E-state index in [4.69, 9.17) is 10.5 Å². The van der Waals surface area contributed by atoms with Crippen molar-refractivity contribution in [3.05, 3.63) is 12.7 Å². The molecule has 150 valence electrons. The third-order valence-corrected chi connectivity index (χ3v) is 6.82. The molecule has 1 saturated heterocycles. The fourth-order valence-electron chi connectivity index (χ4n) is 2.57. The number of hydrogen-bond donors (Lipinski definition) is 3. The minimum Gasteiger partial charge on any atom is -0.778 e. The molecule has 0 aromatic carbocycles. The first kappa shape index (κ1) is 20.0. The molecule has 1 fully saturated rings. The lowest BCUT2D eigenvalue weighted by Gasteiger charge is -2.26. The topological polar surface area (TPSA) is 226 Å². The molecule has 16 heteroatoms. The molecule has 5 atom stereocenters. The molecule has 4 N–H and O–H groups in total. The standard InChI is InChI=1S/C11H16N5O9PS/c12-9-6-10(14-2-13-9)16(3-15-6)11-8(18)7(17)5(25-11)1-24-26(19,20)4-27(21,22)23/h2-3,5,7-8,11,17-18H,1,4H2,(H,19,20)(H2,12,13,14)(H,21,22,23)/p-2/t5-,7+,8?,11-/m1/s1. The van der Waals surface area contributed by atoms with Crippen LogP contribution >= 0.6 is 7.60 Å². The van der Waals surface area contributed by atoms with Gasteiger partial charge in [0.15, 0.2) is 17.7 Å². The summed E-state index contributed by atoms with van der Waals surface area (Å²) in [5.74, 6) is 0.0813. The van der Waals surface area contributed by atoms with E-state index in [9.17, 15) is 32.6 Å². The van der Waals surface area contributed by atoms with Gasteiger partial charge in [0.25, 0.3) is 0 Å². The Morgan fingerprint density at radius 2 is 2.04 bits per heavy atom. The molecule has 3 heterocycles. The molecular formula is C11H14N5O9PS-2. The van der Waals surface area contributed by atoms with Crippen LogP contribution in [0.25, 0.3) is 11.2 Å². The van der Waals surface area contributed by atoms with E-state index in [2.05, 4.69) is 19.5 Å². The number of aliphatic hydroxyl groups is 2. The van der Waals surface area contributed by atoms with Crippen molar-refractivity contribution in [3.63, 3.8) is 0 Å². The number of fused-ring (bicyclic) bond motifs is 1. The van der Waals surface area contributed by atoms with Crippen molar-refractivity contribution in [3.8, 4) is 0 Å². The van der Waals surface area contributed by atoms with Crippen LogP contribution in [0.15, 0.2) is 12.7 Å². The molecular weight excluding hydrogens is 409 g/mol. The summed E-state index contributed by atoms with van der Waals surface area (Å²) in [7, 11) is -10.1. The van der Waals surface area contributed by atoms with E-state index in [0.29, 0.717) is 0 Å².